The van der Waals surface area contributed by atoms with Crippen molar-refractivity contribution in [3.05, 3.63) is 121 Å². The molecule has 144 valence electrons. The van der Waals surface area contributed by atoms with Crippen molar-refractivity contribution in [1.29, 1.82) is 0 Å². The van der Waals surface area contributed by atoms with Crippen molar-refractivity contribution in [3.8, 4) is 22.6 Å². The van der Waals surface area contributed by atoms with Gasteiger partial charge in [-0.15, -0.1) is 0 Å². The van der Waals surface area contributed by atoms with Crippen LogP contribution in [-0.2, 0) is 0 Å². The third kappa shape index (κ3) is 4.13. The first-order valence-electron chi connectivity index (χ1n) is 10.0. The Morgan fingerprint density at radius 3 is 2.00 bits per heavy atom. The lowest BCUT2D eigenvalue weighted by Crippen LogP contribution is -2.05. The molecular weight excluding hydrogens is 383 g/mol. The summed E-state index contributed by atoms with van der Waals surface area (Å²) >= 11 is 0. The maximum absolute atomic E-state index is 6.10. The zero-order valence-electron chi connectivity index (χ0n) is 16.5. The normalized spacial score (nSPS) is 11.2. The Balaban J connectivity index is 1.38. The second kappa shape index (κ2) is 8.53. The summed E-state index contributed by atoms with van der Waals surface area (Å²) in [5, 5.41) is 5.10. The molecular formula is C28H21OP. The smallest absolute Gasteiger partial charge is 0.128 e. The molecule has 0 amide bonds. The van der Waals surface area contributed by atoms with Crippen molar-refractivity contribution in [2.45, 2.75) is 0 Å². The highest BCUT2D eigenvalue weighted by Gasteiger charge is 2.07. The predicted molar refractivity (Wildman–Crippen MR) is 130 cm³/mol. The summed E-state index contributed by atoms with van der Waals surface area (Å²) in [5.74, 6) is 1.70. The van der Waals surface area contributed by atoms with Crippen LogP contribution < -0.4 is 15.3 Å². The zero-order valence-corrected chi connectivity index (χ0v) is 17.5. The van der Waals surface area contributed by atoms with Gasteiger partial charge in [-0.05, 0) is 56.8 Å². The van der Waals surface area contributed by atoms with E-state index in [9.17, 15) is 0 Å². The Hall–Kier alpha value is -3.41. The van der Waals surface area contributed by atoms with Crippen molar-refractivity contribution in [2.75, 3.05) is 0 Å². The van der Waals surface area contributed by atoms with Gasteiger partial charge in [0.2, 0.25) is 0 Å². The van der Waals surface area contributed by atoms with Gasteiger partial charge in [0, 0.05) is 0 Å². The van der Waals surface area contributed by atoms with Crippen LogP contribution in [0, 0.1) is 0 Å². The van der Waals surface area contributed by atoms with E-state index in [2.05, 4.69) is 103 Å². The molecule has 1 unspecified atom stereocenters. The molecule has 5 aromatic rings. The predicted octanol–water partition coefficient (Wildman–Crippen LogP) is 6.93. The van der Waals surface area contributed by atoms with E-state index in [0.717, 1.165) is 11.5 Å². The lowest BCUT2D eigenvalue weighted by molar-refractivity contribution is 0.483. The molecule has 2 heteroatoms. The molecule has 0 saturated carbocycles. The molecule has 30 heavy (non-hydrogen) atoms. The van der Waals surface area contributed by atoms with Gasteiger partial charge < -0.3 is 4.74 Å². The molecule has 0 fully saturated rings. The van der Waals surface area contributed by atoms with E-state index in [-0.39, 0.29) is 0 Å². The van der Waals surface area contributed by atoms with E-state index in [1.807, 2.05) is 18.2 Å². The van der Waals surface area contributed by atoms with E-state index in [1.165, 1.54) is 32.5 Å². The van der Waals surface area contributed by atoms with Gasteiger partial charge in [0.15, 0.2) is 0 Å². The Kier molecular flexibility index (Phi) is 5.29. The minimum atomic E-state index is 0.635. The largest absolute Gasteiger partial charge is 0.457 e. The molecule has 0 N–H and O–H groups in total. The third-order valence-corrected chi connectivity index (χ3v) is 6.43. The van der Waals surface area contributed by atoms with Crippen LogP contribution in [0.25, 0.3) is 21.9 Å². The summed E-state index contributed by atoms with van der Waals surface area (Å²) in [5.41, 5.74) is 2.48. The van der Waals surface area contributed by atoms with Gasteiger partial charge in [-0.1, -0.05) is 106 Å². The summed E-state index contributed by atoms with van der Waals surface area (Å²) in [7, 11) is 0.635. The average Bonchev–Trinajstić information content (AvgIpc) is 2.81. The molecule has 0 aliphatic heterocycles. The molecule has 1 atom stereocenters. The van der Waals surface area contributed by atoms with Crippen LogP contribution in [0.2, 0.25) is 0 Å². The molecule has 0 bridgehead atoms. The molecule has 1 nitrogen and oxygen atoms in total. The van der Waals surface area contributed by atoms with Crippen LogP contribution in [0.15, 0.2) is 121 Å². The highest BCUT2D eigenvalue weighted by atomic mass is 31.1. The number of ether oxygens (including phenoxy) is 1. The highest BCUT2D eigenvalue weighted by molar-refractivity contribution is 7.55. The quantitative estimate of drug-likeness (QED) is 0.289. The molecule has 0 heterocycles. The van der Waals surface area contributed by atoms with Gasteiger partial charge in [0.1, 0.15) is 11.5 Å². The van der Waals surface area contributed by atoms with Crippen LogP contribution in [-0.4, -0.2) is 0 Å². The van der Waals surface area contributed by atoms with Crippen LogP contribution in [0.4, 0.5) is 0 Å². The van der Waals surface area contributed by atoms with Gasteiger partial charge >= 0.3 is 0 Å². The Bertz CT molecular complexity index is 1280. The summed E-state index contributed by atoms with van der Waals surface area (Å²) in [6.45, 7) is 0. The van der Waals surface area contributed by atoms with Crippen LogP contribution >= 0.6 is 8.58 Å². The molecule has 0 aromatic heterocycles. The number of hydrogen-bond acceptors (Lipinski definition) is 1. The monoisotopic (exact) mass is 404 g/mol. The first-order chi connectivity index (χ1) is 14.8. The topological polar surface area (TPSA) is 9.23 Å². The number of rotatable bonds is 5. The van der Waals surface area contributed by atoms with Crippen molar-refractivity contribution in [3.63, 3.8) is 0 Å². The minimum absolute atomic E-state index is 0.635. The van der Waals surface area contributed by atoms with Crippen molar-refractivity contribution in [1.82, 2.24) is 0 Å². The molecule has 0 radical (unpaired) electrons. The van der Waals surface area contributed by atoms with E-state index in [1.54, 1.807) is 0 Å². The summed E-state index contributed by atoms with van der Waals surface area (Å²) in [6.07, 6.45) is 0. The van der Waals surface area contributed by atoms with E-state index >= 15 is 0 Å². The molecule has 0 aliphatic rings. The standard InChI is InChI=1S/C28H21OP/c1-2-10-26(11-3-1)30-28-13-7-6-12-27(28)22-15-17-24(18-16-22)29-25-19-14-21-8-4-5-9-23(21)20-25/h1-20,30H. The number of fused-ring (bicyclic) bond motifs is 1. The SMILES string of the molecule is c1ccc(Pc2ccccc2-c2ccc(Oc3ccc4ccccc4c3)cc2)cc1. The average molecular weight is 404 g/mol. The number of benzene rings is 5. The Labute approximate surface area is 178 Å². The van der Waals surface area contributed by atoms with Crippen LogP contribution in [0.5, 0.6) is 11.5 Å². The van der Waals surface area contributed by atoms with Crippen molar-refractivity contribution in [2.24, 2.45) is 0 Å². The summed E-state index contributed by atoms with van der Waals surface area (Å²) in [4.78, 5) is 0. The van der Waals surface area contributed by atoms with Gasteiger partial charge in [-0.3, -0.25) is 0 Å². The lowest BCUT2D eigenvalue weighted by Gasteiger charge is -2.11. The first kappa shape index (κ1) is 18.6. The minimum Gasteiger partial charge on any atom is -0.457 e. The fourth-order valence-electron chi connectivity index (χ4n) is 3.59. The van der Waals surface area contributed by atoms with Gasteiger partial charge in [0.25, 0.3) is 0 Å². The van der Waals surface area contributed by atoms with Gasteiger partial charge in [-0.2, -0.15) is 0 Å². The Morgan fingerprint density at radius 2 is 1.17 bits per heavy atom. The summed E-state index contributed by atoms with van der Waals surface area (Å²) < 4.78 is 6.10. The molecule has 0 aliphatic carbocycles. The van der Waals surface area contributed by atoms with E-state index in [4.69, 9.17) is 4.74 Å². The lowest BCUT2D eigenvalue weighted by atomic mass is 10.1. The zero-order chi connectivity index (χ0) is 20.2. The van der Waals surface area contributed by atoms with Crippen molar-refractivity contribution >= 4 is 30.0 Å². The second-order valence-corrected chi connectivity index (χ2v) is 8.54. The maximum Gasteiger partial charge on any atom is 0.128 e. The fraction of sp³-hybridized carbons (Fsp3) is 0. The highest BCUT2D eigenvalue weighted by Crippen LogP contribution is 2.29. The summed E-state index contributed by atoms with van der Waals surface area (Å²) in [6, 6.07) is 42.2. The van der Waals surface area contributed by atoms with Crippen molar-refractivity contribution < 1.29 is 4.74 Å². The van der Waals surface area contributed by atoms with Gasteiger partial charge in [-0.25, -0.2) is 0 Å². The van der Waals surface area contributed by atoms with E-state index in [0.29, 0.717) is 8.58 Å². The molecule has 5 aromatic carbocycles. The third-order valence-electron chi connectivity index (χ3n) is 5.10. The van der Waals surface area contributed by atoms with Crippen LogP contribution in [0.3, 0.4) is 0 Å². The molecule has 0 saturated heterocycles. The molecule has 5 rings (SSSR count). The Morgan fingerprint density at radius 1 is 0.500 bits per heavy atom. The first-order valence-corrected chi connectivity index (χ1v) is 11.0. The number of hydrogen-bond donors (Lipinski definition) is 0. The fourth-order valence-corrected chi connectivity index (χ4v) is 4.80. The van der Waals surface area contributed by atoms with Crippen LogP contribution in [0.1, 0.15) is 0 Å². The van der Waals surface area contributed by atoms with E-state index < -0.39 is 0 Å². The second-order valence-electron chi connectivity index (χ2n) is 7.17. The maximum atomic E-state index is 6.10. The molecule has 0 spiro atoms. The van der Waals surface area contributed by atoms with Gasteiger partial charge in [0.05, 0.1) is 0 Å².